The third-order valence-corrected chi connectivity index (χ3v) is 2.70. The van der Waals surface area contributed by atoms with Crippen LogP contribution in [-0.2, 0) is 9.47 Å². The molecule has 0 aromatic carbocycles. The van der Waals surface area contributed by atoms with Gasteiger partial charge in [0.1, 0.15) is 0 Å². The smallest absolute Gasteiger partial charge is 0.162 e. The largest absolute Gasteiger partial charge is 0.355 e. The van der Waals surface area contributed by atoms with E-state index in [1.54, 1.807) is 7.11 Å². The summed E-state index contributed by atoms with van der Waals surface area (Å²) in [5, 5.41) is 0. The lowest BCUT2D eigenvalue weighted by molar-refractivity contribution is -0.151. The highest BCUT2D eigenvalue weighted by Crippen LogP contribution is 2.40. The van der Waals surface area contributed by atoms with Crippen LogP contribution in [0.5, 0.6) is 0 Å². The van der Waals surface area contributed by atoms with Crippen molar-refractivity contribution in [3.63, 3.8) is 0 Å². The van der Waals surface area contributed by atoms with E-state index in [0.717, 1.165) is 12.8 Å². The Morgan fingerprint density at radius 2 is 2.27 bits per heavy atom. The van der Waals surface area contributed by atoms with Gasteiger partial charge >= 0.3 is 0 Å². The van der Waals surface area contributed by atoms with Crippen molar-refractivity contribution in [2.24, 2.45) is 5.41 Å². The molecule has 2 nitrogen and oxygen atoms in total. The molecule has 0 aromatic heterocycles. The van der Waals surface area contributed by atoms with Gasteiger partial charge < -0.3 is 9.47 Å². The zero-order valence-corrected chi connectivity index (χ0v) is 7.89. The van der Waals surface area contributed by atoms with Crippen LogP contribution in [0, 0.1) is 5.41 Å². The van der Waals surface area contributed by atoms with Gasteiger partial charge in [-0.2, -0.15) is 0 Å². The maximum atomic E-state index is 5.59. The van der Waals surface area contributed by atoms with E-state index in [1.807, 2.05) is 0 Å². The summed E-state index contributed by atoms with van der Waals surface area (Å²) in [6.45, 7) is 6.52. The Morgan fingerprint density at radius 3 is 2.64 bits per heavy atom. The first kappa shape index (κ1) is 9.01. The second-order valence-corrected chi connectivity index (χ2v) is 3.73. The van der Waals surface area contributed by atoms with Crippen molar-refractivity contribution in [3.8, 4) is 0 Å². The fraction of sp³-hybridized carbons (Fsp3) is 1.00. The van der Waals surface area contributed by atoms with Gasteiger partial charge in [-0.05, 0) is 19.8 Å². The molecule has 1 aliphatic rings. The van der Waals surface area contributed by atoms with Crippen molar-refractivity contribution < 1.29 is 9.47 Å². The molecule has 66 valence electrons. The molecule has 0 N–H and O–H groups in total. The molecular formula is C9H18O2. The molecule has 0 bridgehead atoms. The minimum Gasteiger partial charge on any atom is -0.355 e. The standard InChI is InChI=1S/C9H18O2/c1-5-9(3)6-7(2)11-8(9)10-4/h7-8H,5-6H2,1-4H3. The van der Waals surface area contributed by atoms with Gasteiger partial charge in [-0.25, -0.2) is 0 Å². The molecule has 3 atom stereocenters. The van der Waals surface area contributed by atoms with Crippen molar-refractivity contribution in [2.45, 2.75) is 46.0 Å². The number of hydrogen-bond donors (Lipinski definition) is 0. The Morgan fingerprint density at radius 1 is 1.64 bits per heavy atom. The van der Waals surface area contributed by atoms with Gasteiger partial charge in [0.25, 0.3) is 0 Å². The highest BCUT2D eigenvalue weighted by Gasteiger charge is 2.42. The molecule has 0 amide bonds. The zero-order valence-electron chi connectivity index (χ0n) is 7.89. The average Bonchev–Trinajstić information content (AvgIpc) is 2.27. The second-order valence-electron chi connectivity index (χ2n) is 3.73. The Labute approximate surface area is 68.9 Å². The van der Waals surface area contributed by atoms with Crippen LogP contribution < -0.4 is 0 Å². The van der Waals surface area contributed by atoms with E-state index in [0.29, 0.717) is 6.10 Å². The van der Waals surface area contributed by atoms with Crippen LogP contribution in [0.4, 0.5) is 0 Å². The minimum atomic E-state index is 0.00231. The first-order valence-corrected chi connectivity index (χ1v) is 4.30. The highest BCUT2D eigenvalue weighted by atomic mass is 16.7. The van der Waals surface area contributed by atoms with Crippen LogP contribution in [0.25, 0.3) is 0 Å². The van der Waals surface area contributed by atoms with Crippen molar-refractivity contribution >= 4 is 0 Å². The van der Waals surface area contributed by atoms with E-state index in [9.17, 15) is 0 Å². The lowest BCUT2D eigenvalue weighted by atomic mass is 9.84. The van der Waals surface area contributed by atoms with E-state index in [2.05, 4.69) is 20.8 Å². The van der Waals surface area contributed by atoms with Crippen LogP contribution >= 0.6 is 0 Å². The van der Waals surface area contributed by atoms with Crippen LogP contribution in [-0.4, -0.2) is 19.5 Å². The molecule has 1 heterocycles. The molecule has 0 radical (unpaired) electrons. The summed E-state index contributed by atoms with van der Waals surface area (Å²) in [7, 11) is 1.72. The van der Waals surface area contributed by atoms with Gasteiger partial charge in [0, 0.05) is 12.5 Å². The van der Waals surface area contributed by atoms with E-state index in [-0.39, 0.29) is 11.7 Å². The van der Waals surface area contributed by atoms with Gasteiger partial charge in [0.15, 0.2) is 6.29 Å². The van der Waals surface area contributed by atoms with Gasteiger partial charge in [0.2, 0.25) is 0 Å². The lowest BCUT2D eigenvalue weighted by Crippen LogP contribution is -2.28. The number of ether oxygens (including phenoxy) is 2. The molecule has 1 aliphatic heterocycles. The van der Waals surface area contributed by atoms with Crippen LogP contribution in [0.2, 0.25) is 0 Å². The van der Waals surface area contributed by atoms with Crippen molar-refractivity contribution in [2.75, 3.05) is 7.11 Å². The number of rotatable bonds is 2. The SMILES string of the molecule is CCC1(C)CC(C)OC1OC. The molecule has 11 heavy (non-hydrogen) atoms. The Balaban J connectivity index is 2.63. The van der Waals surface area contributed by atoms with Crippen molar-refractivity contribution in [1.29, 1.82) is 0 Å². The third-order valence-electron chi connectivity index (χ3n) is 2.70. The summed E-state index contributed by atoms with van der Waals surface area (Å²) in [5.74, 6) is 0. The predicted octanol–water partition coefficient (Wildman–Crippen LogP) is 2.18. The van der Waals surface area contributed by atoms with Gasteiger partial charge in [-0.1, -0.05) is 13.8 Å². The quantitative estimate of drug-likeness (QED) is 0.613. The molecule has 3 unspecified atom stereocenters. The van der Waals surface area contributed by atoms with Gasteiger partial charge in [-0.15, -0.1) is 0 Å². The fourth-order valence-corrected chi connectivity index (χ4v) is 1.83. The van der Waals surface area contributed by atoms with Crippen molar-refractivity contribution in [3.05, 3.63) is 0 Å². The van der Waals surface area contributed by atoms with E-state index >= 15 is 0 Å². The van der Waals surface area contributed by atoms with Gasteiger partial charge in [0.05, 0.1) is 6.10 Å². The molecule has 1 fully saturated rings. The van der Waals surface area contributed by atoms with E-state index < -0.39 is 0 Å². The Kier molecular flexibility index (Phi) is 2.55. The molecule has 0 aliphatic carbocycles. The summed E-state index contributed by atoms with van der Waals surface area (Å²) in [5.41, 5.74) is 0.230. The van der Waals surface area contributed by atoms with Crippen molar-refractivity contribution in [1.82, 2.24) is 0 Å². The summed E-state index contributed by atoms with van der Waals surface area (Å²) < 4.78 is 10.9. The molecule has 0 spiro atoms. The molecule has 1 rings (SSSR count). The van der Waals surface area contributed by atoms with E-state index in [1.165, 1.54) is 0 Å². The summed E-state index contributed by atoms with van der Waals surface area (Å²) in [4.78, 5) is 0. The minimum absolute atomic E-state index is 0.00231. The second kappa shape index (κ2) is 3.11. The third kappa shape index (κ3) is 1.57. The summed E-state index contributed by atoms with van der Waals surface area (Å²) >= 11 is 0. The Bertz CT molecular complexity index is 136. The Hall–Kier alpha value is -0.0800. The lowest BCUT2D eigenvalue weighted by Gasteiger charge is -2.26. The maximum Gasteiger partial charge on any atom is 0.162 e. The van der Waals surface area contributed by atoms with E-state index in [4.69, 9.17) is 9.47 Å². The fourth-order valence-electron chi connectivity index (χ4n) is 1.83. The maximum absolute atomic E-state index is 5.59. The molecule has 0 aromatic rings. The molecule has 2 heteroatoms. The first-order chi connectivity index (χ1) is 5.12. The van der Waals surface area contributed by atoms with Gasteiger partial charge in [-0.3, -0.25) is 0 Å². The van der Waals surface area contributed by atoms with Crippen LogP contribution in [0.3, 0.4) is 0 Å². The normalized spacial score (nSPS) is 44.7. The first-order valence-electron chi connectivity index (χ1n) is 4.30. The van der Waals surface area contributed by atoms with Crippen LogP contribution in [0.1, 0.15) is 33.6 Å². The zero-order chi connectivity index (χ0) is 8.48. The average molecular weight is 158 g/mol. The predicted molar refractivity (Wildman–Crippen MR) is 44.4 cm³/mol. The summed E-state index contributed by atoms with van der Waals surface area (Å²) in [6, 6.07) is 0. The van der Waals surface area contributed by atoms with Crippen LogP contribution in [0.15, 0.2) is 0 Å². The monoisotopic (exact) mass is 158 g/mol. The highest BCUT2D eigenvalue weighted by molar-refractivity contribution is 4.85. The number of methoxy groups -OCH3 is 1. The molecule has 1 saturated heterocycles. The molecule has 0 saturated carbocycles. The topological polar surface area (TPSA) is 18.5 Å². The summed E-state index contributed by atoms with van der Waals surface area (Å²) in [6.07, 6.45) is 2.59. The number of hydrogen-bond acceptors (Lipinski definition) is 2. The molecular weight excluding hydrogens is 140 g/mol.